The van der Waals surface area contributed by atoms with Crippen molar-refractivity contribution in [3.8, 4) is 0 Å². The van der Waals surface area contributed by atoms with Crippen LogP contribution in [-0.4, -0.2) is 57.6 Å². The maximum absolute atomic E-state index is 12.8. The fourth-order valence-corrected chi connectivity index (χ4v) is 4.34. The van der Waals surface area contributed by atoms with E-state index in [9.17, 15) is 4.79 Å². The fraction of sp³-hybridized carbons (Fsp3) is 0.600. The molecule has 2 aromatic rings. The first-order chi connectivity index (χ1) is 12.7. The summed E-state index contributed by atoms with van der Waals surface area (Å²) in [5, 5.41) is 3.10. The van der Waals surface area contributed by atoms with Gasteiger partial charge in [0.25, 0.3) is 0 Å². The molecule has 0 saturated carbocycles. The smallest absolute Gasteiger partial charge is 0.318 e. The molecule has 6 heteroatoms. The average Bonchev–Trinajstić information content (AvgIpc) is 3.26. The number of para-hydroxylation sites is 2. The predicted molar refractivity (Wildman–Crippen MR) is 103 cm³/mol. The number of piperidine rings is 1. The molecule has 1 aromatic heterocycles. The molecule has 2 saturated heterocycles. The number of carbonyl (C=O) groups excluding carboxylic acids is 1. The number of rotatable bonds is 4. The molecule has 6 nitrogen and oxygen atoms in total. The summed E-state index contributed by atoms with van der Waals surface area (Å²) >= 11 is 0. The van der Waals surface area contributed by atoms with Crippen LogP contribution < -0.4 is 5.32 Å². The van der Waals surface area contributed by atoms with Gasteiger partial charge in [-0.3, -0.25) is 0 Å². The minimum absolute atomic E-state index is 0.0524. The van der Waals surface area contributed by atoms with Gasteiger partial charge in [0.05, 0.1) is 17.6 Å². The number of hydrogen-bond donors (Lipinski definition) is 1. The molecule has 1 unspecified atom stereocenters. The standard InChI is InChI=1S/C20H29N5O/c1-23-18-10-4-3-9-17(18)22-19(23)14-21-20(26)25-13-7-8-16(25)15-24-11-5-2-6-12-24/h3-4,9-10,16H,2,5-8,11-15H2,1H3,(H,21,26). The summed E-state index contributed by atoms with van der Waals surface area (Å²) in [7, 11) is 2.01. The number of fused-ring (bicyclic) bond motifs is 1. The third-order valence-corrected chi connectivity index (χ3v) is 5.83. The Kier molecular flexibility index (Phi) is 5.11. The van der Waals surface area contributed by atoms with E-state index < -0.39 is 0 Å². The molecule has 140 valence electrons. The predicted octanol–water partition coefficient (Wildman–Crippen LogP) is 2.73. The number of urea groups is 1. The molecular weight excluding hydrogens is 326 g/mol. The lowest BCUT2D eigenvalue weighted by Gasteiger charge is -2.33. The first-order valence-corrected chi connectivity index (χ1v) is 9.89. The number of imidazole rings is 1. The number of aromatic nitrogens is 2. The molecule has 0 bridgehead atoms. The molecule has 2 fully saturated rings. The van der Waals surface area contributed by atoms with Crippen molar-refractivity contribution in [2.75, 3.05) is 26.2 Å². The Labute approximate surface area is 155 Å². The number of aryl methyl sites for hydroxylation is 1. The van der Waals surface area contributed by atoms with Crippen molar-refractivity contribution >= 4 is 17.1 Å². The number of amides is 2. The number of carbonyl (C=O) groups is 1. The third-order valence-electron chi connectivity index (χ3n) is 5.83. The molecule has 3 heterocycles. The van der Waals surface area contributed by atoms with Gasteiger partial charge in [0, 0.05) is 26.2 Å². The molecule has 1 N–H and O–H groups in total. The first-order valence-electron chi connectivity index (χ1n) is 9.89. The van der Waals surface area contributed by atoms with E-state index in [0.717, 1.165) is 42.8 Å². The lowest BCUT2D eigenvalue weighted by Crippen LogP contribution is -2.48. The van der Waals surface area contributed by atoms with E-state index in [-0.39, 0.29) is 6.03 Å². The number of benzene rings is 1. The second-order valence-electron chi connectivity index (χ2n) is 7.59. The van der Waals surface area contributed by atoms with Crippen molar-refractivity contribution < 1.29 is 4.79 Å². The molecule has 2 aliphatic rings. The van der Waals surface area contributed by atoms with E-state index in [1.54, 1.807) is 0 Å². The maximum Gasteiger partial charge on any atom is 0.318 e. The summed E-state index contributed by atoms with van der Waals surface area (Å²) < 4.78 is 2.06. The zero-order valence-corrected chi connectivity index (χ0v) is 15.7. The molecule has 0 aliphatic carbocycles. The minimum Gasteiger partial charge on any atom is -0.331 e. The number of hydrogen-bond acceptors (Lipinski definition) is 3. The number of nitrogens with one attached hydrogen (secondary N) is 1. The van der Waals surface area contributed by atoms with Crippen LogP contribution >= 0.6 is 0 Å². The molecule has 4 rings (SSSR count). The monoisotopic (exact) mass is 355 g/mol. The normalized spacial score (nSPS) is 21.4. The average molecular weight is 355 g/mol. The highest BCUT2D eigenvalue weighted by molar-refractivity contribution is 5.77. The van der Waals surface area contributed by atoms with Crippen LogP contribution in [-0.2, 0) is 13.6 Å². The van der Waals surface area contributed by atoms with Gasteiger partial charge in [-0.25, -0.2) is 9.78 Å². The van der Waals surface area contributed by atoms with Crippen LogP contribution in [0.1, 0.15) is 37.9 Å². The van der Waals surface area contributed by atoms with Crippen molar-refractivity contribution in [1.29, 1.82) is 0 Å². The van der Waals surface area contributed by atoms with Crippen molar-refractivity contribution in [3.05, 3.63) is 30.1 Å². The molecule has 2 aliphatic heterocycles. The highest BCUT2D eigenvalue weighted by atomic mass is 16.2. The quantitative estimate of drug-likeness (QED) is 0.917. The van der Waals surface area contributed by atoms with Crippen LogP contribution in [0.15, 0.2) is 24.3 Å². The van der Waals surface area contributed by atoms with Crippen molar-refractivity contribution in [3.63, 3.8) is 0 Å². The van der Waals surface area contributed by atoms with Crippen molar-refractivity contribution in [2.24, 2.45) is 7.05 Å². The Balaban J connectivity index is 1.36. The summed E-state index contributed by atoms with van der Waals surface area (Å²) in [6.07, 6.45) is 6.18. The summed E-state index contributed by atoms with van der Waals surface area (Å²) in [5.74, 6) is 0.895. The molecule has 0 spiro atoms. The zero-order chi connectivity index (χ0) is 17.9. The third kappa shape index (κ3) is 3.56. The van der Waals surface area contributed by atoms with E-state index in [1.165, 1.54) is 32.4 Å². The molecular formula is C20H29N5O. The van der Waals surface area contributed by atoms with Gasteiger partial charge in [0.2, 0.25) is 0 Å². The van der Waals surface area contributed by atoms with Crippen LogP contribution in [0.5, 0.6) is 0 Å². The van der Waals surface area contributed by atoms with E-state index in [2.05, 4.69) is 25.8 Å². The van der Waals surface area contributed by atoms with Crippen molar-refractivity contribution in [1.82, 2.24) is 24.7 Å². The Morgan fingerprint density at radius 1 is 1.15 bits per heavy atom. The van der Waals surface area contributed by atoms with Gasteiger partial charge in [0.1, 0.15) is 5.82 Å². The number of nitrogens with zero attached hydrogens (tertiary/aromatic N) is 4. The van der Waals surface area contributed by atoms with Crippen LogP contribution in [0, 0.1) is 0 Å². The largest absolute Gasteiger partial charge is 0.331 e. The van der Waals surface area contributed by atoms with Gasteiger partial charge < -0.3 is 19.7 Å². The fourth-order valence-electron chi connectivity index (χ4n) is 4.34. The lowest BCUT2D eigenvalue weighted by atomic mass is 10.1. The van der Waals surface area contributed by atoms with Gasteiger partial charge in [-0.2, -0.15) is 0 Å². The highest BCUT2D eigenvalue weighted by Crippen LogP contribution is 2.20. The summed E-state index contributed by atoms with van der Waals surface area (Å²) in [4.78, 5) is 22.0. The Morgan fingerprint density at radius 3 is 2.77 bits per heavy atom. The van der Waals surface area contributed by atoms with Gasteiger partial charge >= 0.3 is 6.03 Å². The SMILES string of the molecule is Cn1c(CNC(=O)N2CCCC2CN2CCCCC2)nc2ccccc21. The summed E-state index contributed by atoms with van der Waals surface area (Å²) in [5.41, 5.74) is 2.07. The second kappa shape index (κ2) is 7.66. The van der Waals surface area contributed by atoms with Gasteiger partial charge in [-0.1, -0.05) is 18.6 Å². The summed E-state index contributed by atoms with van der Waals surface area (Å²) in [6.45, 7) is 4.74. The maximum atomic E-state index is 12.8. The van der Waals surface area contributed by atoms with Crippen molar-refractivity contribution in [2.45, 2.75) is 44.7 Å². The van der Waals surface area contributed by atoms with E-state index in [1.807, 2.05) is 30.1 Å². The topological polar surface area (TPSA) is 53.4 Å². The van der Waals surface area contributed by atoms with Crippen LogP contribution in [0.2, 0.25) is 0 Å². The summed E-state index contributed by atoms with van der Waals surface area (Å²) in [6, 6.07) is 8.48. The molecule has 1 aromatic carbocycles. The van der Waals surface area contributed by atoms with Crippen LogP contribution in [0.3, 0.4) is 0 Å². The zero-order valence-electron chi connectivity index (χ0n) is 15.7. The van der Waals surface area contributed by atoms with Gasteiger partial charge in [-0.15, -0.1) is 0 Å². The van der Waals surface area contributed by atoms with E-state index in [0.29, 0.717) is 12.6 Å². The van der Waals surface area contributed by atoms with Gasteiger partial charge in [-0.05, 0) is 50.9 Å². The second-order valence-corrected chi connectivity index (χ2v) is 7.59. The minimum atomic E-state index is 0.0524. The molecule has 26 heavy (non-hydrogen) atoms. The Hall–Kier alpha value is -2.08. The number of likely N-dealkylation sites (tertiary alicyclic amines) is 2. The van der Waals surface area contributed by atoms with Crippen LogP contribution in [0.25, 0.3) is 11.0 Å². The van der Waals surface area contributed by atoms with Gasteiger partial charge in [0.15, 0.2) is 0 Å². The Morgan fingerprint density at radius 2 is 1.96 bits per heavy atom. The Bertz CT molecular complexity index is 765. The first kappa shape index (κ1) is 17.3. The van der Waals surface area contributed by atoms with E-state index in [4.69, 9.17) is 0 Å². The molecule has 1 atom stereocenters. The van der Waals surface area contributed by atoms with Crippen LogP contribution in [0.4, 0.5) is 4.79 Å². The highest BCUT2D eigenvalue weighted by Gasteiger charge is 2.30. The lowest BCUT2D eigenvalue weighted by molar-refractivity contribution is 0.153. The molecule has 2 amide bonds. The van der Waals surface area contributed by atoms with E-state index >= 15 is 0 Å². The molecule has 0 radical (unpaired) electrons.